The van der Waals surface area contributed by atoms with Gasteiger partial charge in [-0.2, -0.15) is 0 Å². The monoisotopic (exact) mass is 474 g/mol. The molecule has 1 heterocycles. The number of ketones is 1. The molecular formula is C23H26N2O7S. The zero-order valence-corrected chi connectivity index (χ0v) is 19.7. The SMILES string of the molecule is COc1cc(C=C2CC(=O)CCN2S(=O)(=O)c2ccc(NC(C)=O)cc2)cc(OC)c1OC. The first kappa shape index (κ1) is 24.1. The summed E-state index contributed by atoms with van der Waals surface area (Å²) in [6, 6.07) is 9.25. The molecule has 33 heavy (non-hydrogen) atoms. The van der Waals surface area contributed by atoms with Crippen molar-refractivity contribution < 1.29 is 32.2 Å². The molecule has 0 saturated carbocycles. The van der Waals surface area contributed by atoms with Crippen LogP contribution in [-0.4, -0.2) is 52.3 Å². The maximum absolute atomic E-state index is 13.4. The lowest BCUT2D eigenvalue weighted by atomic mass is 10.0. The van der Waals surface area contributed by atoms with Gasteiger partial charge >= 0.3 is 0 Å². The second-order valence-corrected chi connectivity index (χ2v) is 9.20. The quantitative estimate of drug-likeness (QED) is 0.656. The Kier molecular flexibility index (Phi) is 7.27. The lowest BCUT2D eigenvalue weighted by Gasteiger charge is -2.30. The van der Waals surface area contributed by atoms with Gasteiger partial charge in [-0.15, -0.1) is 0 Å². The minimum absolute atomic E-state index is 0.0279. The maximum atomic E-state index is 13.4. The molecule has 0 aromatic heterocycles. The molecule has 0 spiro atoms. The Bertz CT molecular complexity index is 1160. The molecule has 0 unspecified atom stereocenters. The van der Waals surface area contributed by atoms with Gasteiger partial charge in [0.25, 0.3) is 10.0 Å². The summed E-state index contributed by atoms with van der Waals surface area (Å²) in [6.07, 6.45) is 1.72. The standard InChI is InChI=1S/C23H26N2O7S/c1-15(26)24-17-5-7-20(8-6-17)33(28,29)25-10-9-19(27)14-18(25)11-16-12-21(30-2)23(32-4)22(13-16)31-3/h5-8,11-13H,9-10,14H2,1-4H3,(H,24,26). The van der Waals surface area contributed by atoms with Gasteiger partial charge < -0.3 is 19.5 Å². The molecule has 2 aromatic carbocycles. The summed E-state index contributed by atoms with van der Waals surface area (Å²) in [7, 11) is 0.530. The highest BCUT2D eigenvalue weighted by molar-refractivity contribution is 7.89. The highest BCUT2D eigenvalue weighted by Crippen LogP contribution is 2.39. The number of ether oxygens (including phenoxy) is 3. The molecule has 1 aliphatic rings. The van der Waals surface area contributed by atoms with Crippen molar-refractivity contribution in [2.24, 2.45) is 0 Å². The van der Waals surface area contributed by atoms with Crippen LogP contribution in [0.5, 0.6) is 17.2 Å². The van der Waals surface area contributed by atoms with Gasteiger partial charge in [0, 0.05) is 37.7 Å². The summed E-state index contributed by atoms with van der Waals surface area (Å²) in [5, 5.41) is 2.60. The van der Waals surface area contributed by atoms with Crippen molar-refractivity contribution >= 4 is 33.5 Å². The number of benzene rings is 2. The van der Waals surface area contributed by atoms with Crippen LogP contribution in [0.2, 0.25) is 0 Å². The molecule has 1 aliphatic heterocycles. The van der Waals surface area contributed by atoms with Crippen molar-refractivity contribution in [1.29, 1.82) is 0 Å². The number of hydrogen-bond acceptors (Lipinski definition) is 7. The van der Waals surface area contributed by atoms with E-state index in [1.807, 2.05) is 0 Å². The predicted octanol–water partition coefficient (Wildman–Crippen LogP) is 3.07. The van der Waals surface area contributed by atoms with Crippen LogP contribution in [0, 0.1) is 0 Å². The number of piperidine rings is 1. The zero-order valence-electron chi connectivity index (χ0n) is 18.9. The first-order chi connectivity index (χ1) is 15.7. The van der Waals surface area contributed by atoms with E-state index < -0.39 is 10.0 Å². The van der Waals surface area contributed by atoms with E-state index in [0.717, 1.165) is 0 Å². The number of anilines is 1. The van der Waals surface area contributed by atoms with Crippen molar-refractivity contribution in [3.05, 3.63) is 47.7 Å². The van der Waals surface area contributed by atoms with Crippen LogP contribution < -0.4 is 19.5 Å². The van der Waals surface area contributed by atoms with Crippen LogP contribution in [0.25, 0.3) is 6.08 Å². The van der Waals surface area contributed by atoms with E-state index in [2.05, 4.69) is 5.32 Å². The van der Waals surface area contributed by atoms with Crippen LogP contribution in [0.15, 0.2) is 47.0 Å². The highest BCUT2D eigenvalue weighted by Gasteiger charge is 2.31. The fourth-order valence-corrected chi connectivity index (χ4v) is 5.06. The fraction of sp³-hybridized carbons (Fsp3) is 0.304. The van der Waals surface area contributed by atoms with Gasteiger partial charge in [-0.3, -0.25) is 13.9 Å². The van der Waals surface area contributed by atoms with Gasteiger partial charge in [0.1, 0.15) is 5.78 Å². The normalized spacial score (nSPS) is 15.3. The molecule has 0 atom stereocenters. The van der Waals surface area contributed by atoms with Gasteiger partial charge in [0.15, 0.2) is 11.5 Å². The molecule has 1 saturated heterocycles. The Morgan fingerprint density at radius 2 is 1.64 bits per heavy atom. The molecule has 2 aromatic rings. The molecule has 0 radical (unpaired) electrons. The lowest BCUT2D eigenvalue weighted by molar-refractivity contribution is -0.119. The summed E-state index contributed by atoms with van der Waals surface area (Å²) in [5.74, 6) is 0.921. The van der Waals surface area contributed by atoms with Gasteiger partial charge in [-0.05, 0) is 48.0 Å². The number of allylic oxidation sites excluding steroid dienone is 1. The van der Waals surface area contributed by atoms with Crippen LogP contribution in [0.1, 0.15) is 25.3 Å². The molecule has 10 heteroatoms. The minimum atomic E-state index is -3.93. The van der Waals surface area contributed by atoms with E-state index in [1.54, 1.807) is 18.2 Å². The molecule has 0 bridgehead atoms. The van der Waals surface area contributed by atoms with E-state index >= 15 is 0 Å². The van der Waals surface area contributed by atoms with Crippen molar-refractivity contribution in [1.82, 2.24) is 4.31 Å². The molecule has 3 rings (SSSR count). The number of nitrogens with zero attached hydrogens (tertiary/aromatic N) is 1. The summed E-state index contributed by atoms with van der Waals surface area (Å²) < 4.78 is 44.1. The fourth-order valence-electron chi connectivity index (χ4n) is 3.56. The third-order valence-electron chi connectivity index (χ3n) is 5.08. The summed E-state index contributed by atoms with van der Waals surface area (Å²) in [4.78, 5) is 23.5. The first-order valence-electron chi connectivity index (χ1n) is 10.1. The minimum Gasteiger partial charge on any atom is -0.493 e. The van der Waals surface area contributed by atoms with Gasteiger partial charge in [-0.25, -0.2) is 8.42 Å². The molecular weight excluding hydrogens is 448 g/mol. The smallest absolute Gasteiger partial charge is 0.264 e. The highest BCUT2D eigenvalue weighted by atomic mass is 32.2. The molecule has 1 fully saturated rings. The topological polar surface area (TPSA) is 111 Å². The van der Waals surface area contributed by atoms with Gasteiger partial charge in [0.2, 0.25) is 11.7 Å². The van der Waals surface area contributed by atoms with Crippen LogP contribution in [0.3, 0.4) is 0 Å². The lowest BCUT2D eigenvalue weighted by Crippen LogP contribution is -2.37. The Balaban J connectivity index is 2.02. The number of nitrogens with one attached hydrogen (secondary N) is 1. The van der Waals surface area contributed by atoms with Crippen LogP contribution in [0.4, 0.5) is 5.69 Å². The second-order valence-electron chi connectivity index (χ2n) is 7.34. The average Bonchev–Trinajstić information content (AvgIpc) is 2.78. The Labute approximate surface area is 193 Å². The molecule has 1 N–H and O–H groups in total. The predicted molar refractivity (Wildman–Crippen MR) is 123 cm³/mol. The Hall–Kier alpha value is -3.53. The summed E-state index contributed by atoms with van der Waals surface area (Å²) in [6.45, 7) is 1.40. The van der Waals surface area contributed by atoms with Crippen molar-refractivity contribution in [3.8, 4) is 17.2 Å². The van der Waals surface area contributed by atoms with Gasteiger partial charge in [0.05, 0.1) is 26.2 Å². The van der Waals surface area contributed by atoms with Crippen molar-refractivity contribution in [2.75, 3.05) is 33.2 Å². The number of hydrogen-bond donors (Lipinski definition) is 1. The molecule has 9 nitrogen and oxygen atoms in total. The second kappa shape index (κ2) is 9.95. The van der Waals surface area contributed by atoms with E-state index in [-0.39, 0.29) is 36.0 Å². The molecule has 1 amide bonds. The van der Waals surface area contributed by atoms with E-state index in [4.69, 9.17) is 14.2 Å². The first-order valence-corrected chi connectivity index (χ1v) is 11.6. The van der Waals surface area contributed by atoms with Crippen LogP contribution in [-0.2, 0) is 19.6 Å². The number of sulfonamides is 1. The average molecular weight is 475 g/mol. The largest absolute Gasteiger partial charge is 0.493 e. The Morgan fingerprint density at radius 3 is 2.15 bits per heavy atom. The van der Waals surface area contributed by atoms with Crippen LogP contribution >= 0.6 is 0 Å². The van der Waals surface area contributed by atoms with Crippen molar-refractivity contribution in [2.45, 2.75) is 24.7 Å². The number of carbonyl (C=O) groups excluding carboxylic acids is 2. The number of amides is 1. The Morgan fingerprint density at radius 1 is 1.03 bits per heavy atom. The number of Topliss-reactive ketones (excluding diaryl/α,β-unsaturated/α-hetero) is 1. The summed E-state index contributed by atoms with van der Waals surface area (Å²) in [5.41, 5.74) is 1.42. The third kappa shape index (κ3) is 5.28. The molecule has 176 valence electrons. The maximum Gasteiger partial charge on any atom is 0.264 e. The molecule has 0 aliphatic carbocycles. The van der Waals surface area contributed by atoms with Crippen molar-refractivity contribution in [3.63, 3.8) is 0 Å². The van der Waals surface area contributed by atoms with Gasteiger partial charge in [-0.1, -0.05) is 0 Å². The zero-order chi connectivity index (χ0) is 24.2. The number of carbonyl (C=O) groups is 2. The van der Waals surface area contributed by atoms with E-state index in [0.29, 0.717) is 34.2 Å². The summed E-state index contributed by atoms with van der Waals surface area (Å²) >= 11 is 0. The van der Waals surface area contributed by atoms with E-state index in [9.17, 15) is 18.0 Å². The van der Waals surface area contributed by atoms with E-state index in [1.165, 1.54) is 56.8 Å². The third-order valence-corrected chi connectivity index (χ3v) is 6.94. The number of methoxy groups -OCH3 is 3. The number of rotatable bonds is 7.